The van der Waals surface area contributed by atoms with Crippen molar-refractivity contribution in [1.29, 1.82) is 0 Å². The van der Waals surface area contributed by atoms with Gasteiger partial charge in [-0.3, -0.25) is 9.59 Å². The van der Waals surface area contributed by atoms with Crippen LogP contribution in [0, 0.1) is 5.92 Å². The molecule has 2 saturated heterocycles. The molecule has 2 aromatic carbocycles. The lowest BCUT2D eigenvalue weighted by Gasteiger charge is -2.30. The molecule has 0 saturated carbocycles. The number of nitrogens with two attached hydrogens (primary N) is 1. The van der Waals surface area contributed by atoms with Crippen LogP contribution in [0.4, 0.5) is 5.69 Å². The first-order valence-electron chi connectivity index (χ1n) is 14.1. The summed E-state index contributed by atoms with van der Waals surface area (Å²) >= 11 is 0. The Labute approximate surface area is 225 Å². The highest BCUT2D eigenvalue weighted by molar-refractivity contribution is 6.05. The first-order chi connectivity index (χ1) is 18.5. The van der Waals surface area contributed by atoms with Crippen molar-refractivity contribution in [3.8, 4) is 11.1 Å². The SMILES string of the molecule is CCCN(CC1CCNCC1)C(=O)C1=Cc2ccc(-c3ccc(C(=O)N4CCCC4)cc3)cc2N=C(N)C1. The molecule has 0 radical (unpaired) electrons. The number of carbonyl (C=O) groups is 2. The minimum Gasteiger partial charge on any atom is -0.387 e. The molecule has 3 heterocycles. The molecular weight excluding hydrogens is 474 g/mol. The van der Waals surface area contributed by atoms with Crippen LogP contribution in [-0.2, 0) is 4.79 Å². The molecule has 2 amide bonds. The Hall–Kier alpha value is -3.45. The van der Waals surface area contributed by atoms with Crippen molar-refractivity contribution in [2.45, 2.75) is 45.4 Å². The maximum atomic E-state index is 13.6. The molecule has 0 aromatic heterocycles. The molecule has 0 unspecified atom stereocenters. The summed E-state index contributed by atoms with van der Waals surface area (Å²) in [4.78, 5) is 35.0. The lowest BCUT2D eigenvalue weighted by atomic mass is 9.96. The van der Waals surface area contributed by atoms with E-state index in [2.05, 4.69) is 17.2 Å². The van der Waals surface area contributed by atoms with Gasteiger partial charge in [0, 0.05) is 49.3 Å². The second kappa shape index (κ2) is 11.9. The fourth-order valence-corrected chi connectivity index (χ4v) is 5.74. The van der Waals surface area contributed by atoms with E-state index < -0.39 is 0 Å². The van der Waals surface area contributed by atoms with Crippen LogP contribution >= 0.6 is 0 Å². The van der Waals surface area contributed by atoms with Crippen molar-refractivity contribution in [3.05, 3.63) is 59.2 Å². The Morgan fingerprint density at radius 2 is 1.76 bits per heavy atom. The fourth-order valence-electron chi connectivity index (χ4n) is 5.74. The molecule has 7 heteroatoms. The molecule has 3 aliphatic rings. The quantitative estimate of drug-likeness (QED) is 0.566. The molecule has 200 valence electrons. The number of hydrogen-bond donors (Lipinski definition) is 2. The number of nitrogens with zero attached hydrogens (tertiary/aromatic N) is 3. The van der Waals surface area contributed by atoms with Crippen molar-refractivity contribution in [2.24, 2.45) is 16.6 Å². The predicted octanol–water partition coefficient (Wildman–Crippen LogP) is 4.60. The average Bonchev–Trinajstić information content (AvgIpc) is 3.42. The van der Waals surface area contributed by atoms with Crippen molar-refractivity contribution in [2.75, 3.05) is 39.3 Å². The van der Waals surface area contributed by atoms with E-state index in [0.717, 1.165) is 99.3 Å². The first kappa shape index (κ1) is 26.2. The predicted molar refractivity (Wildman–Crippen MR) is 153 cm³/mol. The van der Waals surface area contributed by atoms with Gasteiger partial charge < -0.3 is 20.9 Å². The normalized spacial score (nSPS) is 17.9. The van der Waals surface area contributed by atoms with E-state index in [4.69, 9.17) is 5.73 Å². The maximum Gasteiger partial charge on any atom is 0.253 e. The van der Waals surface area contributed by atoms with Crippen molar-refractivity contribution in [3.63, 3.8) is 0 Å². The van der Waals surface area contributed by atoms with E-state index >= 15 is 0 Å². The highest BCUT2D eigenvalue weighted by atomic mass is 16.2. The molecule has 0 bridgehead atoms. The van der Waals surface area contributed by atoms with Crippen LogP contribution in [0.2, 0.25) is 0 Å². The lowest BCUT2D eigenvalue weighted by molar-refractivity contribution is -0.127. The number of likely N-dealkylation sites (tertiary alicyclic amines) is 1. The summed E-state index contributed by atoms with van der Waals surface area (Å²) in [5.74, 6) is 1.16. The Morgan fingerprint density at radius 3 is 2.47 bits per heavy atom. The van der Waals surface area contributed by atoms with E-state index in [0.29, 0.717) is 23.7 Å². The number of amides is 2. The van der Waals surface area contributed by atoms with Crippen molar-refractivity contribution < 1.29 is 9.59 Å². The molecule has 38 heavy (non-hydrogen) atoms. The summed E-state index contributed by atoms with van der Waals surface area (Å²) < 4.78 is 0. The van der Waals surface area contributed by atoms with Crippen LogP contribution in [0.15, 0.2) is 53.0 Å². The van der Waals surface area contributed by atoms with Crippen molar-refractivity contribution >= 4 is 29.4 Å². The first-order valence-corrected chi connectivity index (χ1v) is 14.1. The van der Waals surface area contributed by atoms with E-state index in [9.17, 15) is 9.59 Å². The number of rotatable bonds is 7. The molecule has 3 aliphatic heterocycles. The molecule has 0 spiro atoms. The number of nitrogens with one attached hydrogen (secondary N) is 1. The molecule has 5 rings (SSSR count). The maximum absolute atomic E-state index is 13.6. The monoisotopic (exact) mass is 513 g/mol. The lowest BCUT2D eigenvalue weighted by Crippen LogP contribution is -2.40. The summed E-state index contributed by atoms with van der Waals surface area (Å²) in [5, 5.41) is 3.41. The zero-order valence-electron chi connectivity index (χ0n) is 22.4. The van der Waals surface area contributed by atoms with Gasteiger partial charge in [0.1, 0.15) is 5.84 Å². The smallest absolute Gasteiger partial charge is 0.253 e. The second-order valence-corrected chi connectivity index (χ2v) is 10.7. The van der Waals surface area contributed by atoms with Crippen LogP contribution < -0.4 is 11.1 Å². The molecule has 0 aliphatic carbocycles. The average molecular weight is 514 g/mol. The minimum atomic E-state index is 0.0683. The number of piperidine rings is 1. The topological polar surface area (TPSA) is 91.0 Å². The standard InChI is InChI=1S/C31H39N5O2/c1-2-15-36(21-22-11-13-33-14-12-22)31(38)27-18-26-10-9-25(19-28(26)34-29(32)20-27)23-5-7-24(8-6-23)30(37)35-16-3-4-17-35/h5-10,18-19,22,33H,2-4,11-17,20-21H2,1H3,(H2,32,34). The molecule has 2 aromatic rings. The van der Waals surface area contributed by atoms with Crippen LogP contribution in [0.3, 0.4) is 0 Å². The van der Waals surface area contributed by atoms with Crippen molar-refractivity contribution in [1.82, 2.24) is 15.1 Å². The Morgan fingerprint density at radius 1 is 1.05 bits per heavy atom. The van der Waals surface area contributed by atoms with E-state index in [1.807, 2.05) is 58.3 Å². The van der Waals surface area contributed by atoms with Crippen LogP contribution in [0.1, 0.15) is 61.4 Å². The number of aliphatic imine (C=N–C) groups is 1. The van der Waals surface area contributed by atoms with E-state index in [1.165, 1.54) is 0 Å². The summed E-state index contributed by atoms with van der Waals surface area (Å²) in [5.41, 5.74) is 11.4. The number of hydrogen-bond acceptors (Lipinski definition) is 5. The zero-order chi connectivity index (χ0) is 26.5. The van der Waals surface area contributed by atoms with Gasteiger partial charge in [0.2, 0.25) is 5.91 Å². The summed E-state index contributed by atoms with van der Waals surface area (Å²) in [6.07, 6.45) is 7.62. The minimum absolute atomic E-state index is 0.0683. The Bertz CT molecular complexity index is 1220. The van der Waals surface area contributed by atoms with Gasteiger partial charge >= 0.3 is 0 Å². The fraction of sp³-hybridized carbons (Fsp3) is 0.452. The molecule has 7 nitrogen and oxygen atoms in total. The van der Waals surface area contributed by atoms with Gasteiger partial charge in [0.25, 0.3) is 5.91 Å². The molecule has 2 fully saturated rings. The number of fused-ring (bicyclic) bond motifs is 1. The number of carbonyl (C=O) groups excluding carboxylic acids is 2. The highest BCUT2D eigenvalue weighted by Gasteiger charge is 2.25. The second-order valence-electron chi connectivity index (χ2n) is 10.7. The Kier molecular flexibility index (Phi) is 8.23. The van der Waals surface area contributed by atoms with E-state index in [1.54, 1.807) is 0 Å². The number of benzene rings is 2. The van der Waals surface area contributed by atoms with Gasteiger partial charge in [-0.1, -0.05) is 31.2 Å². The third-order valence-corrected chi connectivity index (χ3v) is 7.85. The summed E-state index contributed by atoms with van der Waals surface area (Å²) in [7, 11) is 0. The van der Waals surface area contributed by atoms with Gasteiger partial charge in [-0.25, -0.2) is 4.99 Å². The third-order valence-electron chi connectivity index (χ3n) is 7.85. The van der Waals surface area contributed by atoms with Crippen LogP contribution in [0.5, 0.6) is 0 Å². The highest BCUT2D eigenvalue weighted by Crippen LogP contribution is 2.32. The molecule has 0 atom stereocenters. The van der Waals surface area contributed by atoms with Gasteiger partial charge in [-0.15, -0.1) is 0 Å². The summed E-state index contributed by atoms with van der Waals surface area (Å²) in [6.45, 7) is 7.40. The summed E-state index contributed by atoms with van der Waals surface area (Å²) in [6, 6.07) is 13.9. The molecule has 3 N–H and O–H groups in total. The molecular formula is C31H39N5O2. The largest absolute Gasteiger partial charge is 0.387 e. The van der Waals surface area contributed by atoms with E-state index in [-0.39, 0.29) is 11.8 Å². The van der Waals surface area contributed by atoms with Crippen LogP contribution in [0.25, 0.3) is 17.2 Å². The van der Waals surface area contributed by atoms with Gasteiger partial charge in [-0.2, -0.15) is 0 Å². The van der Waals surface area contributed by atoms with Gasteiger partial charge in [0.05, 0.1) is 5.69 Å². The third kappa shape index (κ3) is 5.99. The van der Waals surface area contributed by atoms with Gasteiger partial charge in [0.15, 0.2) is 0 Å². The Balaban J connectivity index is 1.35. The zero-order valence-corrected chi connectivity index (χ0v) is 22.4. The van der Waals surface area contributed by atoms with Gasteiger partial charge in [-0.05, 0) is 86.5 Å². The van der Waals surface area contributed by atoms with Crippen LogP contribution in [-0.4, -0.2) is 66.7 Å². The number of amidine groups is 1.